The number of carboxylic acids is 1. The van der Waals surface area contributed by atoms with Crippen molar-refractivity contribution in [2.24, 2.45) is 0 Å². The van der Waals surface area contributed by atoms with Gasteiger partial charge < -0.3 is 10.4 Å². The van der Waals surface area contributed by atoms with Gasteiger partial charge in [0, 0.05) is 4.88 Å². The highest BCUT2D eigenvalue weighted by Crippen LogP contribution is 2.29. The maximum Gasteiger partial charge on any atom is 0.329 e. The molecule has 1 unspecified atom stereocenters. The lowest BCUT2D eigenvalue weighted by atomic mass is 9.99. The number of nitrogens with one attached hydrogen (secondary N) is 1. The van der Waals surface area contributed by atoms with E-state index >= 15 is 0 Å². The summed E-state index contributed by atoms with van der Waals surface area (Å²) in [5.41, 5.74) is -1.02. The molecular formula is C12H15N3O2S. The second-order valence-electron chi connectivity index (χ2n) is 4.41. The lowest BCUT2D eigenvalue weighted by Crippen LogP contribution is -2.43. The molecule has 5 nitrogen and oxygen atoms in total. The van der Waals surface area contributed by atoms with Crippen LogP contribution in [-0.4, -0.2) is 26.6 Å². The smallest absolute Gasteiger partial charge is 0.329 e. The highest BCUT2D eigenvalue weighted by atomic mass is 32.1. The molecule has 2 aromatic heterocycles. The van der Waals surface area contributed by atoms with Crippen LogP contribution in [0.4, 0.5) is 5.82 Å². The van der Waals surface area contributed by atoms with Gasteiger partial charge in [0.1, 0.15) is 22.5 Å². The molecule has 1 atom stereocenters. The number of carbonyl (C=O) groups is 1. The summed E-state index contributed by atoms with van der Waals surface area (Å²) in [7, 11) is 0. The van der Waals surface area contributed by atoms with Crippen molar-refractivity contribution in [3.05, 3.63) is 17.3 Å². The van der Waals surface area contributed by atoms with Crippen LogP contribution in [0.3, 0.4) is 0 Å². The van der Waals surface area contributed by atoms with E-state index in [1.807, 2.05) is 19.9 Å². The average Bonchev–Trinajstić information content (AvgIpc) is 2.70. The predicted molar refractivity (Wildman–Crippen MR) is 72.1 cm³/mol. The fourth-order valence-corrected chi connectivity index (χ4v) is 2.48. The van der Waals surface area contributed by atoms with Crippen LogP contribution >= 0.6 is 11.3 Å². The summed E-state index contributed by atoms with van der Waals surface area (Å²) in [5, 5.41) is 13.2. The van der Waals surface area contributed by atoms with Gasteiger partial charge in [0.2, 0.25) is 0 Å². The molecule has 0 aliphatic heterocycles. The highest BCUT2D eigenvalue weighted by Gasteiger charge is 2.31. The number of hydrogen-bond acceptors (Lipinski definition) is 5. The number of nitrogens with zero attached hydrogens (tertiary/aromatic N) is 2. The van der Waals surface area contributed by atoms with Crippen molar-refractivity contribution in [2.45, 2.75) is 32.7 Å². The number of aryl methyl sites for hydroxylation is 1. The zero-order chi connectivity index (χ0) is 13.3. The molecule has 2 heterocycles. The van der Waals surface area contributed by atoms with Crippen molar-refractivity contribution in [1.82, 2.24) is 9.97 Å². The molecule has 6 heteroatoms. The number of fused-ring (bicyclic) bond motifs is 1. The number of hydrogen-bond donors (Lipinski definition) is 2. The van der Waals surface area contributed by atoms with Gasteiger partial charge in [0.05, 0.1) is 5.39 Å². The maximum absolute atomic E-state index is 11.3. The third-order valence-electron chi connectivity index (χ3n) is 3.03. The molecule has 18 heavy (non-hydrogen) atoms. The number of aliphatic carboxylic acids is 1. The van der Waals surface area contributed by atoms with Gasteiger partial charge in [-0.15, -0.1) is 11.3 Å². The zero-order valence-corrected chi connectivity index (χ0v) is 11.3. The number of aromatic nitrogens is 2. The second kappa shape index (κ2) is 4.53. The molecule has 0 bridgehead atoms. The first kappa shape index (κ1) is 12.8. The van der Waals surface area contributed by atoms with Gasteiger partial charge in [0.15, 0.2) is 0 Å². The average molecular weight is 265 g/mol. The third kappa shape index (κ3) is 2.15. The first-order valence-electron chi connectivity index (χ1n) is 5.69. The topological polar surface area (TPSA) is 75.1 Å². The molecule has 96 valence electrons. The summed E-state index contributed by atoms with van der Waals surface area (Å²) in [4.78, 5) is 21.6. The Hall–Kier alpha value is -1.69. The molecule has 2 rings (SSSR count). The molecule has 0 aromatic carbocycles. The zero-order valence-electron chi connectivity index (χ0n) is 10.5. The maximum atomic E-state index is 11.3. The van der Waals surface area contributed by atoms with Gasteiger partial charge in [-0.2, -0.15) is 0 Å². The van der Waals surface area contributed by atoms with E-state index in [0.717, 1.165) is 15.1 Å². The molecule has 0 fully saturated rings. The van der Waals surface area contributed by atoms with Gasteiger partial charge in [-0.05, 0) is 26.3 Å². The van der Waals surface area contributed by atoms with E-state index in [4.69, 9.17) is 0 Å². The third-order valence-corrected chi connectivity index (χ3v) is 3.98. The van der Waals surface area contributed by atoms with Crippen molar-refractivity contribution in [3.63, 3.8) is 0 Å². The Morgan fingerprint density at radius 2 is 2.28 bits per heavy atom. The molecule has 0 saturated heterocycles. The Morgan fingerprint density at radius 1 is 1.56 bits per heavy atom. The molecule has 0 spiro atoms. The van der Waals surface area contributed by atoms with Crippen molar-refractivity contribution >= 4 is 33.3 Å². The fraction of sp³-hybridized carbons (Fsp3) is 0.417. The Labute approximate surface area is 109 Å². The Morgan fingerprint density at radius 3 is 2.89 bits per heavy atom. The molecule has 0 aliphatic rings. The van der Waals surface area contributed by atoms with Crippen molar-refractivity contribution < 1.29 is 9.90 Å². The van der Waals surface area contributed by atoms with E-state index < -0.39 is 11.5 Å². The van der Waals surface area contributed by atoms with Crippen LogP contribution in [0, 0.1) is 6.92 Å². The summed E-state index contributed by atoms with van der Waals surface area (Å²) in [6.07, 6.45) is 1.93. The summed E-state index contributed by atoms with van der Waals surface area (Å²) >= 11 is 1.57. The van der Waals surface area contributed by atoms with Crippen LogP contribution in [0.15, 0.2) is 12.4 Å². The molecule has 0 radical (unpaired) electrons. The molecule has 0 aliphatic carbocycles. The molecule has 0 amide bonds. The standard InChI is InChI=1S/C12H15N3O2S/c1-4-12(3,11(16)17)15-9-8-5-7(2)18-10(8)14-6-13-9/h5-6H,4H2,1-3H3,(H,16,17)(H,13,14,15). The van der Waals surface area contributed by atoms with E-state index in [9.17, 15) is 9.90 Å². The fourth-order valence-electron chi connectivity index (χ4n) is 1.63. The van der Waals surface area contributed by atoms with E-state index in [1.54, 1.807) is 18.3 Å². The van der Waals surface area contributed by atoms with Gasteiger partial charge in [-0.3, -0.25) is 0 Å². The largest absolute Gasteiger partial charge is 0.480 e. The van der Waals surface area contributed by atoms with Crippen LogP contribution < -0.4 is 5.32 Å². The highest BCUT2D eigenvalue weighted by molar-refractivity contribution is 7.18. The predicted octanol–water partition coefficient (Wildman–Crippen LogP) is 2.66. The van der Waals surface area contributed by atoms with E-state index in [1.165, 1.54) is 6.33 Å². The first-order chi connectivity index (χ1) is 8.46. The summed E-state index contributed by atoms with van der Waals surface area (Å²) < 4.78 is 0. The molecule has 0 saturated carbocycles. The Bertz CT molecular complexity index is 596. The number of anilines is 1. The van der Waals surface area contributed by atoms with Gasteiger partial charge in [0.25, 0.3) is 0 Å². The lowest BCUT2D eigenvalue weighted by Gasteiger charge is -2.25. The Kier molecular flexibility index (Phi) is 3.21. The monoisotopic (exact) mass is 265 g/mol. The number of rotatable bonds is 4. The van der Waals surface area contributed by atoms with E-state index in [0.29, 0.717) is 12.2 Å². The van der Waals surface area contributed by atoms with Crippen molar-refractivity contribution in [2.75, 3.05) is 5.32 Å². The number of carboxylic acid groups (broad SMARTS) is 1. The van der Waals surface area contributed by atoms with Crippen LogP contribution in [0.5, 0.6) is 0 Å². The molecular weight excluding hydrogens is 250 g/mol. The van der Waals surface area contributed by atoms with Gasteiger partial charge in [-0.1, -0.05) is 6.92 Å². The van der Waals surface area contributed by atoms with Crippen LogP contribution in [-0.2, 0) is 4.79 Å². The summed E-state index contributed by atoms with van der Waals surface area (Å²) in [6, 6.07) is 1.97. The van der Waals surface area contributed by atoms with Crippen LogP contribution in [0.2, 0.25) is 0 Å². The van der Waals surface area contributed by atoms with Crippen LogP contribution in [0.1, 0.15) is 25.1 Å². The molecule has 2 N–H and O–H groups in total. The summed E-state index contributed by atoms with van der Waals surface area (Å²) in [6.45, 7) is 5.48. The van der Waals surface area contributed by atoms with Gasteiger partial charge in [-0.25, -0.2) is 14.8 Å². The summed E-state index contributed by atoms with van der Waals surface area (Å²) in [5.74, 6) is -0.306. The quantitative estimate of drug-likeness (QED) is 0.889. The minimum atomic E-state index is -1.02. The first-order valence-corrected chi connectivity index (χ1v) is 6.50. The number of thiophene rings is 1. The van der Waals surface area contributed by atoms with Gasteiger partial charge >= 0.3 is 5.97 Å². The van der Waals surface area contributed by atoms with E-state index in [2.05, 4.69) is 15.3 Å². The van der Waals surface area contributed by atoms with E-state index in [-0.39, 0.29) is 0 Å². The minimum absolute atomic E-state index is 0.469. The Balaban J connectivity index is 2.45. The minimum Gasteiger partial charge on any atom is -0.480 e. The molecule has 2 aromatic rings. The van der Waals surface area contributed by atoms with Crippen molar-refractivity contribution in [1.29, 1.82) is 0 Å². The lowest BCUT2D eigenvalue weighted by molar-refractivity contribution is -0.141. The SMILES string of the molecule is CCC(C)(Nc1ncnc2sc(C)cc12)C(=O)O. The van der Waals surface area contributed by atoms with Crippen molar-refractivity contribution in [3.8, 4) is 0 Å². The normalized spacial score (nSPS) is 14.4. The second-order valence-corrected chi connectivity index (χ2v) is 5.65. The van der Waals surface area contributed by atoms with Crippen LogP contribution in [0.25, 0.3) is 10.2 Å².